The number of rotatable bonds is 4. The SMILES string of the molecule is CN1CC(OC(=O)C(=O)OC2(C3=NCCN3)CN(C)c3cc(F)ccc3O2)(C2=NCCN2)Oc2ccc(F)cc21. The van der Waals surface area contributed by atoms with Crippen LogP contribution in [0.4, 0.5) is 20.2 Å². The summed E-state index contributed by atoms with van der Waals surface area (Å²) in [7, 11) is 3.34. The summed E-state index contributed by atoms with van der Waals surface area (Å²) in [5, 5.41) is 6.07. The Morgan fingerprint density at radius 2 is 1.23 bits per heavy atom. The van der Waals surface area contributed by atoms with Gasteiger partial charge < -0.3 is 39.4 Å². The van der Waals surface area contributed by atoms with Crippen LogP contribution in [0.1, 0.15) is 0 Å². The molecule has 14 heteroatoms. The van der Waals surface area contributed by atoms with Gasteiger partial charge in [0.25, 0.3) is 0 Å². The van der Waals surface area contributed by atoms with Crippen LogP contribution in [0, 0.1) is 11.6 Å². The third kappa shape index (κ3) is 4.38. The average Bonchev–Trinajstić information content (AvgIpc) is 3.65. The Labute approximate surface area is 227 Å². The van der Waals surface area contributed by atoms with Crippen LogP contribution in [0.2, 0.25) is 0 Å². The summed E-state index contributed by atoms with van der Waals surface area (Å²) in [4.78, 5) is 38.7. The number of aliphatic imine (C=N–C) groups is 2. The van der Waals surface area contributed by atoms with Crippen molar-refractivity contribution in [1.29, 1.82) is 0 Å². The van der Waals surface area contributed by atoms with Crippen LogP contribution in [-0.4, -0.2) is 88.5 Å². The molecule has 2 N–H and O–H groups in total. The molecular weight excluding hydrogens is 530 g/mol. The molecule has 40 heavy (non-hydrogen) atoms. The lowest BCUT2D eigenvalue weighted by molar-refractivity contribution is -0.202. The summed E-state index contributed by atoms with van der Waals surface area (Å²) in [5.74, 6) is -6.47. The maximum atomic E-state index is 13.9. The highest BCUT2D eigenvalue weighted by Gasteiger charge is 2.53. The van der Waals surface area contributed by atoms with E-state index in [-0.39, 0.29) is 36.3 Å². The fourth-order valence-electron chi connectivity index (χ4n) is 5.10. The molecule has 4 heterocycles. The van der Waals surface area contributed by atoms with E-state index in [4.69, 9.17) is 18.9 Å². The summed E-state index contributed by atoms with van der Waals surface area (Å²) in [6, 6.07) is 7.81. The van der Waals surface area contributed by atoms with E-state index in [1.165, 1.54) is 36.4 Å². The van der Waals surface area contributed by atoms with Crippen molar-refractivity contribution in [2.24, 2.45) is 9.98 Å². The van der Waals surface area contributed by atoms with Gasteiger partial charge in [0.15, 0.2) is 11.7 Å². The van der Waals surface area contributed by atoms with Crippen LogP contribution in [-0.2, 0) is 19.1 Å². The van der Waals surface area contributed by atoms with Gasteiger partial charge in [-0.1, -0.05) is 0 Å². The first-order chi connectivity index (χ1) is 19.2. The molecule has 0 aromatic heterocycles. The number of hydrogen-bond donors (Lipinski definition) is 2. The lowest BCUT2D eigenvalue weighted by Gasteiger charge is -2.42. The van der Waals surface area contributed by atoms with Gasteiger partial charge in [-0.2, -0.15) is 0 Å². The van der Waals surface area contributed by atoms with Gasteiger partial charge >= 0.3 is 23.5 Å². The number of nitrogens with one attached hydrogen (secondary N) is 2. The Morgan fingerprint density at radius 3 is 1.60 bits per heavy atom. The molecule has 0 amide bonds. The highest BCUT2D eigenvalue weighted by Crippen LogP contribution is 2.40. The number of halogens is 2. The fourth-order valence-corrected chi connectivity index (χ4v) is 5.10. The molecule has 6 rings (SSSR count). The minimum atomic E-state index is -1.84. The van der Waals surface area contributed by atoms with Crippen LogP contribution in [0.25, 0.3) is 0 Å². The molecule has 0 saturated carbocycles. The number of ether oxygens (including phenoxy) is 4. The summed E-state index contributed by atoms with van der Waals surface area (Å²) in [5.41, 5.74) is 0.872. The zero-order valence-corrected chi connectivity index (χ0v) is 21.7. The molecule has 2 atom stereocenters. The second kappa shape index (κ2) is 9.54. The summed E-state index contributed by atoms with van der Waals surface area (Å²) < 4.78 is 51.3. The number of amidine groups is 2. The number of hydrogen-bond acceptors (Lipinski definition) is 12. The molecule has 0 bridgehead atoms. The van der Waals surface area contributed by atoms with Gasteiger partial charge in [0, 0.05) is 39.3 Å². The van der Waals surface area contributed by atoms with E-state index < -0.39 is 35.1 Å². The molecule has 12 nitrogen and oxygen atoms in total. The highest BCUT2D eigenvalue weighted by molar-refractivity contribution is 6.30. The second-order valence-corrected chi connectivity index (χ2v) is 9.74. The number of esters is 2. The Kier molecular flexibility index (Phi) is 6.11. The van der Waals surface area contributed by atoms with Gasteiger partial charge in [0.2, 0.25) is 0 Å². The van der Waals surface area contributed by atoms with Gasteiger partial charge in [0.1, 0.15) is 36.2 Å². The first kappa shape index (κ1) is 25.6. The van der Waals surface area contributed by atoms with Crippen molar-refractivity contribution in [2.45, 2.75) is 11.6 Å². The van der Waals surface area contributed by atoms with Gasteiger partial charge in [-0.05, 0) is 24.3 Å². The van der Waals surface area contributed by atoms with Crippen LogP contribution in [0.15, 0.2) is 46.4 Å². The zero-order valence-electron chi connectivity index (χ0n) is 21.7. The standard InChI is InChI=1S/C26H26F2N6O6/c1-33-13-25(23-29-7-8-30-23,37-19-5-3-15(27)11-17(19)33)39-21(35)22(36)40-26(24-31-9-10-32-24)14-34(2)18-12-16(28)4-6-20(18)38-26/h3-6,11-12H,7-10,13-14H2,1-2H3,(H,29,30)(H,31,32). The molecule has 0 radical (unpaired) electrons. The maximum Gasteiger partial charge on any atom is 0.421 e. The summed E-state index contributed by atoms with van der Waals surface area (Å²) in [6.45, 7) is 1.56. The normalized spacial score (nSPS) is 24.8. The van der Waals surface area contributed by atoms with Gasteiger partial charge in [-0.3, -0.25) is 9.98 Å². The average molecular weight is 557 g/mol. The minimum absolute atomic E-state index is 0.0914. The number of fused-ring (bicyclic) bond motifs is 2. The highest BCUT2D eigenvalue weighted by atomic mass is 19.1. The Hall–Kier alpha value is -4.62. The van der Waals surface area contributed by atoms with E-state index in [1.54, 1.807) is 23.9 Å². The van der Waals surface area contributed by atoms with Crippen LogP contribution in [0.5, 0.6) is 11.5 Å². The smallest absolute Gasteiger partial charge is 0.421 e. The van der Waals surface area contributed by atoms with Crippen LogP contribution >= 0.6 is 0 Å². The van der Waals surface area contributed by atoms with E-state index in [1.807, 2.05) is 0 Å². The Morgan fingerprint density at radius 1 is 0.800 bits per heavy atom. The lowest BCUT2D eigenvalue weighted by Crippen LogP contribution is -2.63. The second-order valence-electron chi connectivity index (χ2n) is 9.74. The number of carbonyl (C=O) groups excluding carboxylic acids is 2. The largest absolute Gasteiger partial charge is 0.442 e. The Bertz CT molecular complexity index is 1350. The number of carbonyl (C=O) groups is 2. The molecule has 2 unspecified atom stereocenters. The third-order valence-corrected chi connectivity index (χ3v) is 6.86. The molecule has 4 aliphatic heterocycles. The lowest BCUT2D eigenvalue weighted by atomic mass is 10.1. The topological polar surface area (TPSA) is 126 Å². The maximum absolute atomic E-state index is 13.9. The minimum Gasteiger partial charge on any atom is -0.442 e. The first-order valence-electron chi connectivity index (χ1n) is 12.6. The van der Waals surface area contributed by atoms with Crippen molar-refractivity contribution < 1.29 is 37.3 Å². The molecule has 0 spiro atoms. The van der Waals surface area contributed by atoms with Crippen molar-refractivity contribution in [2.75, 3.05) is 63.2 Å². The third-order valence-electron chi connectivity index (χ3n) is 6.86. The molecule has 2 aromatic carbocycles. The molecule has 0 aliphatic carbocycles. The van der Waals surface area contributed by atoms with E-state index >= 15 is 0 Å². The first-order valence-corrected chi connectivity index (χ1v) is 12.6. The van der Waals surface area contributed by atoms with Crippen molar-refractivity contribution in [3.8, 4) is 11.5 Å². The quantitative estimate of drug-likeness (QED) is 0.413. The molecule has 0 fully saturated rings. The molecule has 210 valence electrons. The van der Waals surface area contributed by atoms with Gasteiger partial charge in [-0.15, -0.1) is 0 Å². The summed E-state index contributed by atoms with van der Waals surface area (Å²) >= 11 is 0. The van der Waals surface area contributed by atoms with Crippen molar-refractivity contribution in [1.82, 2.24) is 10.6 Å². The predicted octanol–water partition coefficient (Wildman–Crippen LogP) is 0.805. The zero-order chi connectivity index (χ0) is 28.1. The molecule has 4 aliphatic rings. The number of anilines is 2. The van der Waals surface area contributed by atoms with E-state index in [2.05, 4.69) is 20.6 Å². The van der Waals surface area contributed by atoms with Crippen LogP contribution in [0.3, 0.4) is 0 Å². The van der Waals surface area contributed by atoms with Gasteiger partial charge in [-0.25, -0.2) is 18.4 Å². The molecular formula is C26H26F2N6O6. The molecule has 2 aromatic rings. The number of likely N-dealkylation sites (N-methyl/N-ethyl adjacent to an activating group) is 2. The number of nitrogens with zero attached hydrogens (tertiary/aromatic N) is 4. The van der Waals surface area contributed by atoms with Crippen LogP contribution < -0.4 is 29.9 Å². The van der Waals surface area contributed by atoms with E-state index in [0.717, 1.165) is 0 Å². The molecule has 0 saturated heterocycles. The van der Waals surface area contributed by atoms with Crippen molar-refractivity contribution in [3.63, 3.8) is 0 Å². The van der Waals surface area contributed by atoms with E-state index in [9.17, 15) is 18.4 Å². The predicted molar refractivity (Wildman–Crippen MR) is 139 cm³/mol. The summed E-state index contributed by atoms with van der Waals surface area (Å²) in [6.07, 6.45) is 0. The number of benzene rings is 2. The Balaban J connectivity index is 1.29. The van der Waals surface area contributed by atoms with E-state index in [0.29, 0.717) is 37.6 Å². The van der Waals surface area contributed by atoms with Crippen molar-refractivity contribution >= 4 is 35.0 Å². The van der Waals surface area contributed by atoms with Crippen molar-refractivity contribution in [3.05, 3.63) is 48.0 Å². The monoisotopic (exact) mass is 556 g/mol. The van der Waals surface area contributed by atoms with Gasteiger partial charge in [0.05, 0.1) is 24.5 Å². The fraction of sp³-hybridized carbons (Fsp3) is 0.385.